The average Bonchev–Trinajstić information content (AvgIpc) is 3.67. The van der Waals surface area contributed by atoms with Crippen molar-refractivity contribution in [2.24, 2.45) is 0 Å². The summed E-state index contributed by atoms with van der Waals surface area (Å²) in [6, 6.07) is 16.6. The van der Waals surface area contributed by atoms with E-state index >= 15 is 0 Å². The standard InChI is InChI=1S/C25H25ClFN5OS/c26-22-15-23(32-12-10-31(11-13-32)21-7-2-1-6-20(21)27)30-25(29-22)34-16-17-4-3-5-18(14-17)24(33)28-19-8-9-19/h1-7,14-15,19H,8-13,16H2,(H,28,33). The van der Waals surface area contributed by atoms with E-state index in [4.69, 9.17) is 16.6 Å². The van der Waals surface area contributed by atoms with Gasteiger partial charge in [-0.1, -0.05) is 47.6 Å². The Balaban J connectivity index is 1.21. The Morgan fingerprint density at radius 3 is 2.56 bits per heavy atom. The minimum absolute atomic E-state index is 0.0230. The number of carbonyl (C=O) groups excluding carboxylic acids is 1. The van der Waals surface area contributed by atoms with E-state index in [1.54, 1.807) is 12.1 Å². The average molecular weight is 498 g/mol. The molecule has 2 heterocycles. The first-order valence-corrected chi connectivity index (χ1v) is 12.7. The van der Waals surface area contributed by atoms with Crippen LogP contribution in [0.3, 0.4) is 0 Å². The maximum atomic E-state index is 14.1. The highest BCUT2D eigenvalue weighted by Crippen LogP contribution is 2.27. The second-order valence-electron chi connectivity index (χ2n) is 8.49. The molecule has 0 bridgehead atoms. The van der Waals surface area contributed by atoms with Crippen LogP contribution >= 0.6 is 23.4 Å². The van der Waals surface area contributed by atoms with Gasteiger partial charge in [0, 0.05) is 49.6 Å². The molecule has 1 saturated carbocycles. The molecule has 1 aliphatic carbocycles. The molecular weight excluding hydrogens is 473 g/mol. The highest BCUT2D eigenvalue weighted by atomic mass is 35.5. The lowest BCUT2D eigenvalue weighted by atomic mass is 10.1. The third-order valence-electron chi connectivity index (χ3n) is 5.93. The summed E-state index contributed by atoms with van der Waals surface area (Å²) >= 11 is 7.80. The second-order valence-corrected chi connectivity index (χ2v) is 9.82. The van der Waals surface area contributed by atoms with Crippen LogP contribution in [0.1, 0.15) is 28.8 Å². The Hall–Kier alpha value is -2.84. The van der Waals surface area contributed by atoms with Crippen molar-refractivity contribution >= 4 is 40.8 Å². The zero-order valence-electron chi connectivity index (χ0n) is 18.6. The molecule has 0 spiro atoms. The molecule has 2 fully saturated rings. The van der Waals surface area contributed by atoms with E-state index < -0.39 is 0 Å². The van der Waals surface area contributed by atoms with Gasteiger partial charge in [0.25, 0.3) is 5.91 Å². The zero-order chi connectivity index (χ0) is 23.5. The van der Waals surface area contributed by atoms with Crippen molar-refractivity contribution in [3.63, 3.8) is 0 Å². The molecule has 1 aliphatic heterocycles. The van der Waals surface area contributed by atoms with Gasteiger partial charge in [0.05, 0.1) is 5.69 Å². The lowest BCUT2D eigenvalue weighted by Gasteiger charge is -2.36. The number of nitrogens with zero attached hydrogens (tertiary/aromatic N) is 4. The van der Waals surface area contributed by atoms with Crippen molar-refractivity contribution in [3.8, 4) is 0 Å². The van der Waals surface area contributed by atoms with Crippen molar-refractivity contribution in [1.29, 1.82) is 0 Å². The third-order valence-corrected chi connectivity index (χ3v) is 7.04. The van der Waals surface area contributed by atoms with Crippen LogP contribution < -0.4 is 15.1 Å². The van der Waals surface area contributed by atoms with Gasteiger partial charge in [-0.15, -0.1) is 0 Å². The summed E-state index contributed by atoms with van der Waals surface area (Å²) in [6.07, 6.45) is 2.13. The molecule has 2 aliphatic rings. The van der Waals surface area contributed by atoms with Crippen LogP contribution in [0.25, 0.3) is 0 Å². The first-order valence-electron chi connectivity index (χ1n) is 11.4. The van der Waals surface area contributed by atoms with Crippen LogP contribution in [0.2, 0.25) is 5.15 Å². The minimum atomic E-state index is -0.200. The van der Waals surface area contributed by atoms with Gasteiger partial charge in [0.2, 0.25) is 0 Å². The van der Waals surface area contributed by atoms with E-state index in [0.717, 1.165) is 24.2 Å². The summed E-state index contributed by atoms with van der Waals surface area (Å²) < 4.78 is 14.1. The molecule has 1 amide bonds. The van der Waals surface area contributed by atoms with E-state index in [-0.39, 0.29) is 11.7 Å². The predicted molar refractivity (Wildman–Crippen MR) is 134 cm³/mol. The van der Waals surface area contributed by atoms with Gasteiger partial charge >= 0.3 is 0 Å². The summed E-state index contributed by atoms with van der Waals surface area (Å²) in [6.45, 7) is 2.81. The molecule has 0 radical (unpaired) electrons. The summed E-state index contributed by atoms with van der Waals surface area (Å²) in [5, 5.41) is 4.00. The Morgan fingerprint density at radius 2 is 1.79 bits per heavy atom. The second kappa shape index (κ2) is 10.2. The molecule has 5 rings (SSSR count). The van der Waals surface area contributed by atoms with Gasteiger partial charge in [-0.25, -0.2) is 14.4 Å². The number of hydrogen-bond donors (Lipinski definition) is 1. The van der Waals surface area contributed by atoms with Gasteiger partial charge < -0.3 is 15.1 Å². The van der Waals surface area contributed by atoms with Crippen LogP contribution in [0, 0.1) is 5.82 Å². The SMILES string of the molecule is O=C(NC1CC1)c1cccc(CSc2nc(Cl)cc(N3CCN(c4ccccc4F)CC3)n2)c1. The van der Waals surface area contributed by atoms with Crippen LogP contribution in [0.5, 0.6) is 0 Å². The topological polar surface area (TPSA) is 61.4 Å². The number of amides is 1. The monoisotopic (exact) mass is 497 g/mol. The quantitative estimate of drug-likeness (QED) is 0.288. The van der Waals surface area contributed by atoms with E-state index in [1.165, 1.54) is 17.8 Å². The fourth-order valence-electron chi connectivity index (χ4n) is 3.94. The molecule has 1 saturated heterocycles. The number of anilines is 2. The summed E-state index contributed by atoms with van der Waals surface area (Å²) in [5.41, 5.74) is 2.33. The predicted octanol–water partition coefficient (Wildman–Crippen LogP) is 4.78. The molecule has 6 nitrogen and oxygen atoms in total. The summed E-state index contributed by atoms with van der Waals surface area (Å²) in [5.74, 6) is 1.18. The molecule has 2 aromatic carbocycles. The number of carbonyl (C=O) groups is 1. The summed E-state index contributed by atoms with van der Waals surface area (Å²) in [4.78, 5) is 25.6. The number of aromatic nitrogens is 2. The lowest BCUT2D eigenvalue weighted by molar-refractivity contribution is 0.0951. The van der Waals surface area contributed by atoms with Crippen molar-refractivity contribution in [3.05, 3.63) is 76.7 Å². The van der Waals surface area contributed by atoms with E-state index in [2.05, 4.69) is 20.1 Å². The van der Waals surface area contributed by atoms with Crippen LogP contribution in [0.4, 0.5) is 15.9 Å². The van der Waals surface area contributed by atoms with Crippen molar-refractivity contribution < 1.29 is 9.18 Å². The van der Waals surface area contributed by atoms with E-state index in [9.17, 15) is 9.18 Å². The summed E-state index contributed by atoms with van der Waals surface area (Å²) in [7, 11) is 0. The number of nitrogens with one attached hydrogen (secondary N) is 1. The maximum absolute atomic E-state index is 14.1. The molecule has 176 valence electrons. The normalized spacial score (nSPS) is 15.9. The largest absolute Gasteiger partial charge is 0.366 e. The number of para-hydroxylation sites is 1. The highest BCUT2D eigenvalue weighted by Gasteiger charge is 2.24. The fourth-order valence-corrected chi connectivity index (χ4v) is 4.97. The number of thioether (sulfide) groups is 1. The molecular formula is C25H25ClFN5OS. The van der Waals surface area contributed by atoms with Crippen molar-refractivity contribution in [1.82, 2.24) is 15.3 Å². The Bertz CT molecular complexity index is 1180. The first-order chi connectivity index (χ1) is 16.5. The Morgan fingerprint density at radius 1 is 1.03 bits per heavy atom. The molecule has 9 heteroatoms. The molecule has 3 aromatic rings. The van der Waals surface area contributed by atoms with Gasteiger partial charge in [-0.2, -0.15) is 0 Å². The Kier molecular flexibility index (Phi) is 6.87. The number of hydrogen-bond acceptors (Lipinski definition) is 6. The van der Waals surface area contributed by atoms with Gasteiger partial charge in [0.1, 0.15) is 16.8 Å². The highest BCUT2D eigenvalue weighted by molar-refractivity contribution is 7.98. The lowest BCUT2D eigenvalue weighted by Crippen LogP contribution is -2.47. The molecule has 1 N–H and O–H groups in total. The molecule has 1 aromatic heterocycles. The first kappa shape index (κ1) is 22.9. The minimum Gasteiger partial charge on any atom is -0.366 e. The number of benzene rings is 2. The molecule has 0 atom stereocenters. The van der Waals surface area contributed by atoms with E-state index in [0.29, 0.717) is 59.5 Å². The molecule has 0 unspecified atom stereocenters. The van der Waals surface area contributed by atoms with E-state index in [1.807, 2.05) is 36.4 Å². The fraction of sp³-hybridized carbons (Fsp3) is 0.320. The van der Waals surface area contributed by atoms with Gasteiger partial charge in [-0.3, -0.25) is 4.79 Å². The third kappa shape index (κ3) is 5.62. The van der Waals surface area contributed by atoms with Gasteiger partial charge in [0.15, 0.2) is 5.16 Å². The Labute approximate surface area is 207 Å². The van der Waals surface area contributed by atoms with Crippen LogP contribution in [-0.4, -0.2) is 48.1 Å². The van der Waals surface area contributed by atoms with Crippen molar-refractivity contribution in [2.45, 2.75) is 29.8 Å². The van der Waals surface area contributed by atoms with Crippen LogP contribution in [0.15, 0.2) is 59.8 Å². The maximum Gasteiger partial charge on any atom is 0.251 e. The number of rotatable bonds is 7. The smallest absolute Gasteiger partial charge is 0.251 e. The van der Waals surface area contributed by atoms with Crippen LogP contribution in [-0.2, 0) is 5.75 Å². The van der Waals surface area contributed by atoms with Gasteiger partial charge in [-0.05, 0) is 42.7 Å². The zero-order valence-corrected chi connectivity index (χ0v) is 20.2. The van der Waals surface area contributed by atoms with Crippen molar-refractivity contribution in [2.75, 3.05) is 36.0 Å². The molecule has 34 heavy (non-hydrogen) atoms. The number of piperazine rings is 1. The number of halogens is 2.